The van der Waals surface area contributed by atoms with E-state index in [-0.39, 0.29) is 17.6 Å². The summed E-state index contributed by atoms with van der Waals surface area (Å²) in [7, 11) is 0. The van der Waals surface area contributed by atoms with Crippen molar-refractivity contribution < 1.29 is 9.18 Å². The molecule has 3 rings (SSSR count). The highest BCUT2D eigenvalue weighted by Gasteiger charge is 2.27. The van der Waals surface area contributed by atoms with Gasteiger partial charge >= 0.3 is 0 Å². The van der Waals surface area contributed by atoms with Crippen molar-refractivity contribution in [3.63, 3.8) is 0 Å². The number of carbonyl (C=O) groups is 1. The molecule has 0 saturated heterocycles. The molecule has 2 nitrogen and oxygen atoms in total. The highest BCUT2D eigenvalue weighted by atomic mass is 19.1. The Labute approximate surface area is 117 Å². The molecule has 0 saturated carbocycles. The molecule has 20 heavy (non-hydrogen) atoms. The zero-order chi connectivity index (χ0) is 14.3. The van der Waals surface area contributed by atoms with E-state index in [0.717, 1.165) is 27.9 Å². The SMILES string of the molecule is Cc1ccc2c(c1C)NC(=O)C[C@H]2c1ccc(F)cc1. The minimum atomic E-state index is -0.255. The maximum atomic E-state index is 13.1. The van der Waals surface area contributed by atoms with Crippen molar-refractivity contribution in [2.24, 2.45) is 0 Å². The lowest BCUT2D eigenvalue weighted by molar-refractivity contribution is -0.116. The molecule has 0 bridgehead atoms. The van der Waals surface area contributed by atoms with Gasteiger partial charge in [0.2, 0.25) is 5.91 Å². The van der Waals surface area contributed by atoms with Crippen molar-refractivity contribution in [3.05, 3.63) is 64.5 Å². The molecule has 2 aromatic rings. The molecule has 102 valence electrons. The number of amides is 1. The largest absolute Gasteiger partial charge is 0.326 e. The van der Waals surface area contributed by atoms with E-state index in [1.54, 1.807) is 12.1 Å². The van der Waals surface area contributed by atoms with E-state index in [4.69, 9.17) is 0 Å². The van der Waals surface area contributed by atoms with Gasteiger partial charge in [-0.2, -0.15) is 0 Å². The Hall–Kier alpha value is -2.16. The van der Waals surface area contributed by atoms with Crippen LogP contribution in [0.2, 0.25) is 0 Å². The fourth-order valence-electron chi connectivity index (χ4n) is 2.77. The van der Waals surface area contributed by atoms with Gasteiger partial charge in [-0.15, -0.1) is 0 Å². The summed E-state index contributed by atoms with van der Waals surface area (Å²) >= 11 is 0. The van der Waals surface area contributed by atoms with Gasteiger partial charge in [-0.25, -0.2) is 4.39 Å². The zero-order valence-corrected chi connectivity index (χ0v) is 11.5. The predicted molar refractivity (Wildman–Crippen MR) is 77.4 cm³/mol. The normalized spacial score (nSPS) is 17.6. The number of halogens is 1. The van der Waals surface area contributed by atoms with Crippen LogP contribution in [0.1, 0.15) is 34.6 Å². The first-order valence-electron chi connectivity index (χ1n) is 6.71. The van der Waals surface area contributed by atoms with Gasteiger partial charge in [-0.1, -0.05) is 24.3 Å². The number of rotatable bonds is 1. The molecule has 0 unspecified atom stereocenters. The zero-order valence-electron chi connectivity index (χ0n) is 11.5. The Morgan fingerprint density at radius 2 is 1.80 bits per heavy atom. The molecule has 0 spiro atoms. The van der Waals surface area contributed by atoms with Crippen molar-refractivity contribution in [1.29, 1.82) is 0 Å². The number of anilines is 1. The van der Waals surface area contributed by atoms with Gasteiger partial charge in [-0.3, -0.25) is 4.79 Å². The molecule has 1 aliphatic heterocycles. The molecule has 0 radical (unpaired) electrons. The standard InChI is InChI=1S/C17H16FNO/c1-10-3-8-14-15(12-4-6-13(18)7-5-12)9-16(20)19-17(14)11(10)2/h3-8,15H,9H2,1-2H3,(H,19,20)/t15-/m0/s1. The molecule has 0 aliphatic carbocycles. The van der Waals surface area contributed by atoms with Crippen LogP contribution in [0, 0.1) is 19.7 Å². The summed E-state index contributed by atoms with van der Waals surface area (Å²) in [4.78, 5) is 12.0. The molecule has 1 atom stereocenters. The van der Waals surface area contributed by atoms with Crippen molar-refractivity contribution in [1.82, 2.24) is 0 Å². The smallest absolute Gasteiger partial charge is 0.225 e. The third-order valence-corrected chi connectivity index (χ3v) is 4.07. The van der Waals surface area contributed by atoms with Gasteiger partial charge in [0.05, 0.1) is 0 Å². The molecule has 0 aromatic heterocycles. The topological polar surface area (TPSA) is 29.1 Å². The first-order valence-corrected chi connectivity index (χ1v) is 6.71. The molecule has 2 aromatic carbocycles. The maximum Gasteiger partial charge on any atom is 0.225 e. The number of carbonyl (C=O) groups excluding carboxylic acids is 1. The van der Waals surface area contributed by atoms with Gasteiger partial charge < -0.3 is 5.32 Å². The number of benzene rings is 2. The van der Waals surface area contributed by atoms with Crippen LogP contribution in [-0.4, -0.2) is 5.91 Å². The predicted octanol–water partition coefficient (Wildman–Crippen LogP) is 3.92. The summed E-state index contributed by atoms with van der Waals surface area (Å²) in [5.74, 6) is -0.242. The second kappa shape index (κ2) is 4.75. The van der Waals surface area contributed by atoms with Crippen molar-refractivity contribution in [2.75, 3.05) is 5.32 Å². The first-order chi connectivity index (χ1) is 9.56. The molecule has 1 N–H and O–H groups in total. The van der Waals surface area contributed by atoms with E-state index >= 15 is 0 Å². The van der Waals surface area contributed by atoms with Crippen molar-refractivity contribution >= 4 is 11.6 Å². The minimum absolute atomic E-state index is 0.00125. The van der Waals surface area contributed by atoms with Crippen LogP contribution in [0.15, 0.2) is 36.4 Å². The number of hydrogen-bond donors (Lipinski definition) is 1. The number of hydrogen-bond acceptors (Lipinski definition) is 1. The van der Waals surface area contributed by atoms with Crippen LogP contribution in [0.5, 0.6) is 0 Å². The van der Waals surface area contributed by atoms with Gasteiger partial charge in [0.15, 0.2) is 0 Å². The average Bonchev–Trinajstić information content (AvgIpc) is 2.43. The van der Waals surface area contributed by atoms with Crippen LogP contribution < -0.4 is 5.32 Å². The Kier molecular flexibility index (Phi) is 3.05. The first kappa shape index (κ1) is 12.9. The van der Waals surface area contributed by atoms with Crippen LogP contribution >= 0.6 is 0 Å². The molecule has 1 amide bonds. The summed E-state index contributed by atoms with van der Waals surface area (Å²) in [5.41, 5.74) is 5.26. The number of nitrogens with one attached hydrogen (secondary N) is 1. The van der Waals surface area contributed by atoms with Crippen LogP contribution in [-0.2, 0) is 4.79 Å². The summed E-state index contributed by atoms with van der Waals surface area (Å²) in [6.07, 6.45) is 0.404. The van der Waals surface area contributed by atoms with E-state index < -0.39 is 0 Å². The summed E-state index contributed by atoms with van der Waals surface area (Å²) in [6, 6.07) is 10.5. The third-order valence-electron chi connectivity index (χ3n) is 4.07. The quantitative estimate of drug-likeness (QED) is 0.835. The molecule has 1 aliphatic rings. The van der Waals surface area contributed by atoms with Gasteiger partial charge in [0.1, 0.15) is 5.82 Å². The summed E-state index contributed by atoms with van der Waals surface area (Å²) in [6.45, 7) is 4.05. The van der Waals surface area contributed by atoms with Gasteiger partial charge in [-0.05, 0) is 48.2 Å². The van der Waals surface area contributed by atoms with E-state index in [0.29, 0.717) is 6.42 Å². The maximum absolute atomic E-state index is 13.1. The Bertz CT molecular complexity index is 676. The molecular weight excluding hydrogens is 253 g/mol. The van der Waals surface area contributed by atoms with Gasteiger partial charge in [0.25, 0.3) is 0 Å². The molecular formula is C17H16FNO. The molecule has 0 fully saturated rings. The van der Waals surface area contributed by atoms with Crippen molar-refractivity contribution in [3.8, 4) is 0 Å². The van der Waals surface area contributed by atoms with Crippen LogP contribution in [0.4, 0.5) is 10.1 Å². The Balaban J connectivity index is 2.13. The second-order valence-corrected chi connectivity index (χ2v) is 5.33. The molecule has 3 heteroatoms. The van der Waals surface area contributed by atoms with Gasteiger partial charge in [0, 0.05) is 18.0 Å². The fourth-order valence-corrected chi connectivity index (χ4v) is 2.77. The number of aryl methyl sites for hydroxylation is 1. The Morgan fingerprint density at radius 1 is 1.10 bits per heavy atom. The Morgan fingerprint density at radius 3 is 2.50 bits per heavy atom. The average molecular weight is 269 g/mol. The highest BCUT2D eigenvalue weighted by Crippen LogP contribution is 2.39. The van der Waals surface area contributed by atoms with Crippen LogP contribution in [0.3, 0.4) is 0 Å². The second-order valence-electron chi connectivity index (χ2n) is 5.33. The summed E-state index contributed by atoms with van der Waals surface area (Å²) in [5, 5.41) is 2.97. The fraction of sp³-hybridized carbons (Fsp3) is 0.235. The third kappa shape index (κ3) is 2.09. The highest BCUT2D eigenvalue weighted by molar-refractivity contribution is 5.96. The lowest BCUT2D eigenvalue weighted by Crippen LogP contribution is -2.24. The lowest BCUT2D eigenvalue weighted by atomic mass is 9.83. The lowest BCUT2D eigenvalue weighted by Gasteiger charge is -2.28. The van der Waals surface area contributed by atoms with Crippen LogP contribution in [0.25, 0.3) is 0 Å². The molecule has 1 heterocycles. The minimum Gasteiger partial charge on any atom is -0.326 e. The van der Waals surface area contributed by atoms with E-state index in [1.165, 1.54) is 12.1 Å². The summed E-state index contributed by atoms with van der Waals surface area (Å²) < 4.78 is 13.1. The van der Waals surface area contributed by atoms with E-state index in [1.807, 2.05) is 13.8 Å². The van der Waals surface area contributed by atoms with E-state index in [9.17, 15) is 9.18 Å². The van der Waals surface area contributed by atoms with Crippen molar-refractivity contribution in [2.45, 2.75) is 26.2 Å². The van der Waals surface area contributed by atoms with E-state index in [2.05, 4.69) is 17.4 Å². The number of fused-ring (bicyclic) bond motifs is 1. The monoisotopic (exact) mass is 269 g/mol.